The number of isocyanates is 1. The predicted octanol–water partition coefficient (Wildman–Crippen LogP) is 4.38. The van der Waals surface area contributed by atoms with Crippen LogP contribution in [0.5, 0.6) is 0 Å². The van der Waals surface area contributed by atoms with Gasteiger partial charge in [0.1, 0.15) is 0 Å². The first-order chi connectivity index (χ1) is 9.75. The lowest BCUT2D eigenvalue weighted by Gasteiger charge is -2.37. The third-order valence-corrected chi connectivity index (χ3v) is 4.30. The molecular weight excluding hydrogens is 246 g/mol. The lowest BCUT2D eigenvalue weighted by molar-refractivity contribution is 0.256. The fourth-order valence-corrected chi connectivity index (χ4v) is 2.90. The van der Waals surface area contributed by atoms with Crippen LogP contribution in [0.2, 0.25) is 0 Å². The average molecular weight is 263 g/mol. The van der Waals surface area contributed by atoms with Crippen molar-refractivity contribution >= 4 is 6.08 Å². The summed E-state index contributed by atoms with van der Waals surface area (Å²) in [5.74, 6) is 0. The van der Waals surface area contributed by atoms with Crippen LogP contribution in [0.3, 0.4) is 0 Å². The van der Waals surface area contributed by atoms with Crippen molar-refractivity contribution in [2.45, 2.75) is 31.7 Å². The van der Waals surface area contributed by atoms with E-state index in [4.69, 9.17) is 0 Å². The van der Waals surface area contributed by atoms with Gasteiger partial charge in [0.2, 0.25) is 6.08 Å². The SMILES string of the molecule is Cc1ccc(C2(N=C=O)CCC2)cc1-c1ccccc1. The fourth-order valence-electron chi connectivity index (χ4n) is 2.90. The molecule has 0 heterocycles. The van der Waals surface area contributed by atoms with Crippen LogP contribution in [0.15, 0.2) is 53.5 Å². The number of nitrogens with zero attached hydrogens (tertiary/aromatic N) is 1. The Labute approximate surface area is 119 Å². The molecule has 0 atom stereocenters. The van der Waals surface area contributed by atoms with Crippen molar-refractivity contribution in [2.75, 3.05) is 0 Å². The van der Waals surface area contributed by atoms with Gasteiger partial charge in [0, 0.05) is 0 Å². The number of benzene rings is 2. The Kier molecular flexibility index (Phi) is 3.25. The highest BCUT2D eigenvalue weighted by Crippen LogP contribution is 2.45. The average Bonchev–Trinajstić information content (AvgIpc) is 2.45. The molecule has 0 aromatic heterocycles. The monoisotopic (exact) mass is 263 g/mol. The van der Waals surface area contributed by atoms with Gasteiger partial charge in [-0.25, -0.2) is 4.79 Å². The number of hydrogen-bond donors (Lipinski definition) is 0. The van der Waals surface area contributed by atoms with Crippen LogP contribution in [-0.2, 0) is 10.3 Å². The Morgan fingerprint density at radius 2 is 1.85 bits per heavy atom. The molecule has 1 aliphatic rings. The summed E-state index contributed by atoms with van der Waals surface area (Å²) in [4.78, 5) is 14.8. The molecule has 0 unspecified atom stereocenters. The molecule has 100 valence electrons. The van der Waals surface area contributed by atoms with E-state index in [1.807, 2.05) is 18.2 Å². The highest BCUT2D eigenvalue weighted by atomic mass is 16.1. The van der Waals surface area contributed by atoms with Crippen molar-refractivity contribution in [3.05, 3.63) is 59.7 Å². The third kappa shape index (κ3) is 2.09. The fraction of sp³-hybridized carbons (Fsp3) is 0.278. The summed E-state index contributed by atoms with van der Waals surface area (Å²) < 4.78 is 0. The van der Waals surface area contributed by atoms with Crippen LogP contribution < -0.4 is 0 Å². The quantitative estimate of drug-likeness (QED) is 0.597. The molecule has 0 radical (unpaired) electrons. The second-order valence-electron chi connectivity index (χ2n) is 5.48. The second kappa shape index (κ2) is 5.07. The van der Waals surface area contributed by atoms with Crippen molar-refractivity contribution < 1.29 is 4.79 Å². The van der Waals surface area contributed by atoms with Crippen molar-refractivity contribution in [3.8, 4) is 11.1 Å². The Balaban J connectivity index is 2.10. The van der Waals surface area contributed by atoms with Gasteiger partial charge in [0.05, 0.1) is 5.54 Å². The van der Waals surface area contributed by atoms with E-state index >= 15 is 0 Å². The standard InChI is InChI=1S/C18H17NO/c1-14-8-9-16(18(19-13-20)10-5-11-18)12-17(14)15-6-3-2-4-7-15/h2-4,6-9,12H,5,10-11H2,1H3. The molecule has 0 amide bonds. The summed E-state index contributed by atoms with van der Waals surface area (Å²) >= 11 is 0. The zero-order chi connectivity index (χ0) is 14.0. The summed E-state index contributed by atoms with van der Waals surface area (Å²) in [6.45, 7) is 2.11. The molecular formula is C18H17NO. The molecule has 2 aromatic rings. The van der Waals surface area contributed by atoms with Gasteiger partial charge in [0.15, 0.2) is 0 Å². The molecule has 2 heteroatoms. The molecule has 1 aliphatic carbocycles. The number of rotatable bonds is 3. The van der Waals surface area contributed by atoms with Gasteiger partial charge in [-0.2, -0.15) is 4.99 Å². The first-order valence-corrected chi connectivity index (χ1v) is 7.01. The summed E-state index contributed by atoms with van der Waals surface area (Å²) in [6, 6.07) is 16.7. The lowest BCUT2D eigenvalue weighted by Crippen LogP contribution is -2.31. The zero-order valence-electron chi connectivity index (χ0n) is 11.6. The minimum absolute atomic E-state index is 0.320. The van der Waals surface area contributed by atoms with E-state index in [-0.39, 0.29) is 5.54 Å². The normalized spacial score (nSPS) is 16.1. The Hall–Kier alpha value is -2.18. The lowest BCUT2D eigenvalue weighted by atomic mass is 9.71. The van der Waals surface area contributed by atoms with Crippen molar-refractivity contribution in [1.82, 2.24) is 0 Å². The second-order valence-corrected chi connectivity index (χ2v) is 5.48. The minimum atomic E-state index is -0.320. The van der Waals surface area contributed by atoms with Crippen molar-refractivity contribution in [3.63, 3.8) is 0 Å². The number of aryl methyl sites for hydroxylation is 1. The van der Waals surface area contributed by atoms with Crippen LogP contribution in [-0.4, -0.2) is 6.08 Å². The third-order valence-electron chi connectivity index (χ3n) is 4.30. The summed E-state index contributed by atoms with van der Waals surface area (Å²) in [6.07, 6.45) is 4.77. The summed E-state index contributed by atoms with van der Waals surface area (Å²) in [5.41, 5.74) is 4.48. The van der Waals surface area contributed by atoms with E-state index in [0.29, 0.717) is 0 Å². The van der Waals surface area contributed by atoms with Crippen LogP contribution in [0.4, 0.5) is 0 Å². The van der Waals surface area contributed by atoms with E-state index < -0.39 is 0 Å². The molecule has 0 aliphatic heterocycles. The Morgan fingerprint density at radius 1 is 1.10 bits per heavy atom. The minimum Gasteiger partial charge on any atom is -0.211 e. The zero-order valence-corrected chi connectivity index (χ0v) is 11.6. The van der Waals surface area contributed by atoms with E-state index in [0.717, 1.165) is 24.8 Å². The Bertz CT molecular complexity index is 665. The molecule has 1 fully saturated rings. The number of aliphatic imine (C=N–C) groups is 1. The predicted molar refractivity (Wildman–Crippen MR) is 80.3 cm³/mol. The van der Waals surface area contributed by atoms with E-state index in [2.05, 4.69) is 42.2 Å². The molecule has 0 spiro atoms. The van der Waals surface area contributed by atoms with Crippen LogP contribution in [0.1, 0.15) is 30.4 Å². The molecule has 2 nitrogen and oxygen atoms in total. The largest absolute Gasteiger partial charge is 0.235 e. The molecule has 20 heavy (non-hydrogen) atoms. The van der Waals surface area contributed by atoms with E-state index in [1.165, 1.54) is 16.7 Å². The molecule has 0 saturated heterocycles. The molecule has 2 aromatic carbocycles. The van der Waals surface area contributed by atoms with Gasteiger partial charge >= 0.3 is 0 Å². The highest BCUT2D eigenvalue weighted by Gasteiger charge is 2.39. The smallest absolute Gasteiger partial charge is 0.211 e. The summed E-state index contributed by atoms with van der Waals surface area (Å²) in [7, 11) is 0. The molecule has 3 rings (SSSR count). The van der Waals surface area contributed by atoms with Gasteiger partial charge in [-0.05, 0) is 54.5 Å². The molecule has 0 N–H and O–H groups in total. The van der Waals surface area contributed by atoms with E-state index in [9.17, 15) is 4.79 Å². The van der Waals surface area contributed by atoms with Gasteiger partial charge in [0.25, 0.3) is 0 Å². The van der Waals surface area contributed by atoms with Crippen LogP contribution in [0.25, 0.3) is 11.1 Å². The molecule has 1 saturated carbocycles. The maximum Gasteiger partial charge on any atom is 0.235 e. The van der Waals surface area contributed by atoms with Gasteiger partial charge in [-0.3, -0.25) is 0 Å². The molecule has 0 bridgehead atoms. The van der Waals surface area contributed by atoms with Crippen molar-refractivity contribution in [2.24, 2.45) is 4.99 Å². The van der Waals surface area contributed by atoms with Gasteiger partial charge < -0.3 is 0 Å². The van der Waals surface area contributed by atoms with Crippen LogP contribution >= 0.6 is 0 Å². The van der Waals surface area contributed by atoms with E-state index in [1.54, 1.807) is 6.08 Å². The number of carbonyl (C=O) groups excluding carboxylic acids is 1. The summed E-state index contributed by atoms with van der Waals surface area (Å²) in [5, 5.41) is 0. The maximum absolute atomic E-state index is 10.7. The first kappa shape index (κ1) is 12.8. The Morgan fingerprint density at radius 3 is 2.45 bits per heavy atom. The first-order valence-electron chi connectivity index (χ1n) is 7.01. The number of hydrogen-bond acceptors (Lipinski definition) is 2. The maximum atomic E-state index is 10.7. The van der Waals surface area contributed by atoms with Gasteiger partial charge in [-0.15, -0.1) is 0 Å². The van der Waals surface area contributed by atoms with Crippen LogP contribution in [0, 0.1) is 6.92 Å². The van der Waals surface area contributed by atoms with Gasteiger partial charge in [-0.1, -0.05) is 42.5 Å². The topological polar surface area (TPSA) is 29.4 Å². The highest BCUT2D eigenvalue weighted by molar-refractivity contribution is 5.68. The van der Waals surface area contributed by atoms with Crippen molar-refractivity contribution in [1.29, 1.82) is 0 Å².